The molecule has 1 aromatic heterocycles. The van der Waals surface area contributed by atoms with Crippen molar-refractivity contribution >= 4 is 15.9 Å². The van der Waals surface area contributed by atoms with Gasteiger partial charge in [-0.25, -0.2) is 13.2 Å². The number of carbonyl (C=O) groups is 1. The van der Waals surface area contributed by atoms with Gasteiger partial charge in [0.15, 0.2) is 11.5 Å². The van der Waals surface area contributed by atoms with Crippen LogP contribution in [-0.4, -0.2) is 65.6 Å². The van der Waals surface area contributed by atoms with Crippen LogP contribution in [0, 0.1) is 0 Å². The van der Waals surface area contributed by atoms with Gasteiger partial charge in [0.1, 0.15) is 6.61 Å². The van der Waals surface area contributed by atoms with Crippen molar-refractivity contribution in [1.82, 2.24) is 25.1 Å². The van der Waals surface area contributed by atoms with Crippen LogP contribution in [0.3, 0.4) is 0 Å². The summed E-state index contributed by atoms with van der Waals surface area (Å²) >= 11 is 0. The predicted octanol–water partition coefficient (Wildman–Crippen LogP) is 3.78. The molecule has 2 heterocycles. The minimum absolute atomic E-state index is 0.156. The SMILES string of the molecule is CCOC(=O)N1CCc2cc(OCc3ccccc3)c(OC)cc2C1CS(=O)(=O)c1nnnn1-c1ccccc1. The van der Waals surface area contributed by atoms with Crippen LogP contribution >= 0.6 is 0 Å². The average molecular weight is 564 g/mol. The summed E-state index contributed by atoms with van der Waals surface area (Å²) in [5, 5.41) is 11.0. The smallest absolute Gasteiger partial charge is 0.410 e. The Balaban J connectivity index is 1.51. The molecule has 0 aliphatic carbocycles. The Kier molecular flexibility index (Phi) is 7.96. The second-order valence-corrected chi connectivity index (χ2v) is 11.1. The molecule has 4 aromatic rings. The fraction of sp³-hybridized carbons (Fsp3) is 0.286. The van der Waals surface area contributed by atoms with Crippen molar-refractivity contribution in [2.75, 3.05) is 26.0 Å². The minimum Gasteiger partial charge on any atom is -0.493 e. The van der Waals surface area contributed by atoms with Gasteiger partial charge in [-0.1, -0.05) is 53.6 Å². The number of fused-ring (bicyclic) bond motifs is 1. The molecule has 208 valence electrons. The summed E-state index contributed by atoms with van der Waals surface area (Å²) in [6.07, 6.45) is -0.114. The summed E-state index contributed by atoms with van der Waals surface area (Å²) in [5.74, 6) is 0.501. The van der Waals surface area contributed by atoms with Gasteiger partial charge in [0.05, 0.1) is 31.2 Å². The molecule has 5 rings (SSSR count). The van der Waals surface area contributed by atoms with Gasteiger partial charge in [-0.2, -0.15) is 4.68 Å². The Morgan fingerprint density at radius 3 is 2.45 bits per heavy atom. The molecule has 0 N–H and O–H groups in total. The molecule has 12 heteroatoms. The maximum absolute atomic E-state index is 13.8. The normalized spacial score (nSPS) is 14.8. The van der Waals surface area contributed by atoms with Gasteiger partial charge >= 0.3 is 6.09 Å². The molecule has 0 radical (unpaired) electrons. The second kappa shape index (κ2) is 11.7. The zero-order valence-electron chi connectivity index (χ0n) is 22.1. The van der Waals surface area contributed by atoms with Crippen LogP contribution in [0.25, 0.3) is 5.69 Å². The number of sulfone groups is 1. The van der Waals surface area contributed by atoms with E-state index in [-0.39, 0.29) is 18.3 Å². The van der Waals surface area contributed by atoms with Gasteiger partial charge in [-0.3, -0.25) is 4.90 Å². The van der Waals surface area contributed by atoms with Crippen molar-refractivity contribution in [3.63, 3.8) is 0 Å². The molecule has 1 aliphatic rings. The minimum atomic E-state index is -4.09. The van der Waals surface area contributed by atoms with E-state index in [4.69, 9.17) is 14.2 Å². The molecule has 0 fully saturated rings. The number of tetrazole rings is 1. The van der Waals surface area contributed by atoms with Crippen molar-refractivity contribution in [3.8, 4) is 17.2 Å². The fourth-order valence-electron chi connectivity index (χ4n) is 4.71. The van der Waals surface area contributed by atoms with Crippen molar-refractivity contribution in [2.45, 2.75) is 31.1 Å². The van der Waals surface area contributed by atoms with Crippen LogP contribution < -0.4 is 9.47 Å². The summed E-state index contributed by atoms with van der Waals surface area (Å²) < 4.78 is 45.7. The highest BCUT2D eigenvalue weighted by atomic mass is 32.2. The fourth-order valence-corrected chi connectivity index (χ4v) is 6.20. The first kappa shape index (κ1) is 27.1. The molecule has 0 saturated heterocycles. The lowest BCUT2D eigenvalue weighted by Gasteiger charge is -2.36. The van der Waals surface area contributed by atoms with Crippen LogP contribution in [-0.2, 0) is 27.6 Å². The van der Waals surface area contributed by atoms with Gasteiger partial charge in [-0.05, 0) is 64.7 Å². The van der Waals surface area contributed by atoms with Crippen LogP contribution in [0.15, 0.2) is 78.0 Å². The number of methoxy groups -OCH3 is 1. The largest absolute Gasteiger partial charge is 0.493 e. The number of hydrogen-bond donors (Lipinski definition) is 0. The average Bonchev–Trinajstić information content (AvgIpc) is 3.48. The van der Waals surface area contributed by atoms with Gasteiger partial charge in [0, 0.05) is 6.54 Å². The molecular weight excluding hydrogens is 534 g/mol. The van der Waals surface area contributed by atoms with E-state index in [1.54, 1.807) is 37.3 Å². The lowest BCUT2D eigenvalue weighted by Crippen LogP contribution is -2.43. The number of rotatable bonds is 9. The van der Waals surface area contributed by atoms with Crippen molar-refractivity contribution < 1.29 is 27.4 Å². The number of para-hydroxylation sites is 1. The van der Waals surface area contributed by atoms with Crippen LogP contribution in [0.1, 0.15) is 29.7 Å². The maximum Gasteiger partial charge on any atom is 0.410 e. The number of aromatic nitrogens is 4. The lowest BCUT2D eigenvalue weighted by molar-refractivity contribution is 0.0906. The van der Waals surface area contributed by atoms with Gasteiger partial charge in [-0.15, -0.1) is 0 Å². The molecule has 0 bridgehead atoms. The van der Waals surface area contributed by atoms with Crippen molar-refractivity contribution in [1.29, 1.82) is 0 Å². The zero-order chi connectivity index (χ0) is 28.1. The Morgan fingerprint density at radius 2 is 1.75 bits per heavy atom. The predicted molar refractivity (Wildman–Crippen MR) is 145 cm³/mol. The van der Waals surface area contributed by atoms with Crippen molar-refractivity contribution in [3.05, 3.63) is 89.5 Å². The monoisotopic (exact) mass is 563 g/mol. The highest BCUT2D eigenvalue weighted by Crippen LogP contribution is 2.40. The van der Waals surface area contributed by atoms with Gasteiger partial charge in [0.25, 0.3) is 5.16 Å². The third-order valence-corrected chi connectivity index (χ3v) is 8.18. The first-order valence-corrected chi connectivity index (χ1v) is 14.4. The Morgan fingerprint density at radius 1 is 1.02 bits per heavy atom. The molecule has 3 aromatic carbocycles. The van der Waals surface area contributed by atoms with E-state index in [0.717, 1.165) is 11.1 Å². The number of amides is 1. The molecular formula is C28H29N5O6S. The first-order valence-electron chi connectivity index (χ1n) is 12.8. The van der Waals surface area contributed by atoms with E-state index in [1.165, 1.54) is 16.7 Å². The van der Waals surface area contributed by atoms with E-state index in [9.17, 15) is 13.2 Å². The van der Waals surface area contributed by atoms with E-state index < -0.39 is 27.7 Å². The quantitative estimate of drug-likeness (QED) is 0.299. The molecule has 0 spiro atoms. The third-order valence-electron chi connectivity index (χ3n) is 6.62. The van der Waals surface area contributed by atoms with Crippen LogP contribution in [0.2, 0.25) is 0 Å². The summed E-state index contributed by atoms with van der Waals surface area (Å²) in [5.41, 5.74) is 2.98. The Bertz CT molecular complexity index is 1580. The highest BCUT2D eigenvalue weighted by Gasteiger charge is 2.38. The lowest BCUT2D eigenvalue weighted by atomic mass is 9.93. The number of nitrogens with zero attached hydrogens (tertiary/aromatic N) is 5. The van der Waals surface area contributed by atoms with Crippen molar-refractivity contribution in [2.24, 2.45) is 0 Å². The molecule has 1 atom stereocenters. The number of benzene rings is 3. The summed E-state index contributed by atoms with van der Waals surface area (Å²) in [4.78, 5) is 14.4. The third kappa shape index (κ3) is 5.62. The molecule has 1 amide bonds. The summed E-state index contributed by atoms with van der Waals surface area (Å²) in [6.45, 7) is 2.46. The van der Waals surface area contributed by atoms with Crippen LogP contribution in [0.4, 0.5) is 4.79 Å². The first-order chi connectivity index (χ1) is 19.4. The molecule has 40 heavy (non-hydrogen) atoms. The standard InChI is InChI=1S/C28H29N5O6S/c1-3-38-28(34)32-15-14-21-16-26(39-18-20-10-6-4-7-11-20)25(37-2)17-23(21)24(32)19-40(35,36)27-29-30-31-33(27)22-12-8-5-9-13-22/h4-13,16-17,24H,3,14-15,18-19H2,1-2H3. The Hall–Kier alpha value is -4.45. The molecule has 0 saturated carbocycles. The van der Waals surface area contributed by atoms with Gasteiger partial charge in [0.2, 0.25) is 9.84 Å². The van der Waals surface area contributed by atoms with E-state index >= 15 is 0 Å². The number of ether oxygens (including phenoxy) is 3. The molecule has 1 unspecified atom stereocenters. The summed E-state index contributed by atoms with van der Waals surface area (Å²) in [6, 6.07) is 21.2. The summed E-state index contributed by atoms with van der Waals surface area (Å²) in [7, 11) is -2.57. The van der Waals surface area contributed by atoms with Gasteiger partial charge < -0.3 is 14.2 Å². The maximum atomic E-state index is 13.8. The zero-order valence-corrected chi connectivity index (χ0v) is 23.0. The molecule has 1 aliphatic heterocycles. The van der Waals surface area contributed by atoms with E-state index in [1.807, 2.05) is 42.5 Å². The van der Waals surface area contributed by atoms with Crippen LogP contribution in [0.5, 0.6) is 11.5 Å². The topological polar surface area (TPSA) is 126 Å². The Labute approximate surface area is 232 Å². The van der Waals surface area contributed by atoms with E-state index in [2.05, 4.69) is 15.5 Å². The molecule has 11 nitrogen and oxygen atoms in total. The number of hydrogen-bond acceptors (Lipinski definition) is 9. The number of carbonyl (C=O) groups excluding carboxylic acids is 1. The highest BCUT2D eigenvalue weighted by molar-refractivity contribution is 7.91. The van der Waals surface area contributed by atoms with E-state index in [0.29, 0.717) is 35.8 Å². The second-order valence-electron chi connectivity index (χ2n) is 9.12.